The van der Waals surface area contributed by atoms with Gasteiger partial charge in [-0.25, -0.2) is 9.18 Å². The smallest absolute Gasteiger partial charge is 0.328 e. The molecule has 0 aliphatic rings. The van der Waals surface area contributed by atoms with Gasteiger partial charge < -0.3 is 5.11 Å². The minimum Gasteiger partial charge on any atom is -0.478 e. The zero-order valence-electron chi connectivity index (χ0n) is 9.81. The van der Waals surface area contributed by atoms with Crippen LogP contribution in [0.3, 0.4) is 0 Å². The lowest BCUT2D eigenvalue weighted by Gasteiger charge is -2.07. The van der Waals surface area contributed by atoms with Crippen LogP contribution in [0.5, 0.6) is 0 Å². The highest BCUT2D eigenvalue weighted by molar-refractivity contribution is 6.30. The molecule has 2 aromatic rings. The van der Waals surface area contributed by atoms with Gasteiger partial charge in [-0.1, -0.05) is 35.9 Å². The number of benzene rings is 2. The molecule has 0 fully saturated rings. The van der Waals surface area contributed by atoms with Crippen molar-refractivity contribution in [1.29, 1.82) is 0 Å². The molecule has 0 aliphatic heterocycles. The molecule has 1 N–H and O–H groups in total. The number of carboxylic acid groups (broad SMARTS) is 1. The largest absolute Gasteiger partial charge is 0.478 e. The molecule has 96 valence electrons. The average molecular weight is 277 g/mol. The molecule has 2 nitrogen and oxygen atoms in total. The van der Waals surface area contributed by atoms with Gasteiger partial charge in [0.05, 0.1) is 0 Å². The first-order valence-corrected chi connectivity index (χ1v) is 5.90. The predicted octanol–water partition coefficient (Wildman–Crippen LogP) is 4.00. The molecule has 0 radical (unpaired) electrons. The number of halogens is 2. The van der Waals surface area contributed by atoms with Gasteiger partial charge in [-0.05, 0) is 41.0 Å². The molecule has 0 unspecified atom stereocenters. The zero-order chi connectivity index (χ0) is 13.8. The first kappa shape index (κ1) is 13.3. The number of hydrogen-bond acceptors (Lipinski definition) is 1. The lowest BCUT2D eigenvalue weighted by Crippen LogP contribution is -1.95. The summed E-state index contributed by atoms with van der Waals surface area (Å²) in [6.07, 6.45) is 1.09. The average Bonchev–Trinajstić information content (AvgIpc) is 2.38. The Labute approximate surface area is 114 Å². The van der Waals surface area contributed by atoms with E-state index in [2.05, 4.69) is 0 Å². The van der Waals surface area contributed by atoms with Crippen molar-refractivity contribution in [1.82, 2.24) is 0 Å². The highest BCUT2D eigenvalue weighted by Gasteiger charge is 2.07. The van der Waals surface area contributed by atoms with Crippen molar-refractivity contribution in [2.45, 2.75) is 0 Å². The molecule has 0 aliphatic carbocycles. The van der Waals surface area contributed by atoms with Gasteiger partial charge in [0.1, 0.15) is 5.82 Å². The van der Waals surface area contributed by atoms with Crippen molar-refractivity contribution in [3.63, 3.8) is 0 Å². The molecular formula is C15H10ClFO2. The molecular weight excluding hydrogens is 267 g/mol. The van der Waals surface area contributed by atoms with Gasteiger partial charge in [-0.15, -0.1) is 0 Å². The van der Waals surface area contributed by atoms with Crippen LogP contribution in [0, 0.1) is 5.82 Å². The van der Waals surface area contributed by atoms with Gasteiger partial charge >= 0.3 is 5.97 Å². The summed E-state index contributed by atoms with van der Waals surface area (Å²) in [4.78, 5) is 10.9. The summed E-state index contributed by atoms with van der Waals surface area (Å²) in [5.74, 6) is -1.43. The van der Waals surface area contributed by atoms with E-state index >= 15 is 0 Å². The van der Waals surface area contributed by atoms with Crippen molar-refractivity contribution in [2.24, 2.45) is 0 Å². The summed E-state index contributed by atoms with van der Waals surface area (Å²) >= 11 is 5.80. The molecule has 19 heavy (non-hydrogen) atoms. The molecule has 2 aromatic carbocycles. The van der Waals surface area contributed by atoms with E-state index in [9.17, 15) is 9.18 Å². The molecule has 0 bridgehead atoms. The van der Waals surface area contributed by atoms with Crippen LogP contribution in [0.1, 0.15) is 11.1 Å². The number of aliphatic carboxylic acids is 1. The Morgan fingerprint density at radius 1 is 1.00 bits per heavy atom. The Morgan fingerprint density at radius 3 is 1.95 bits per heavy atom. The van der Waals surface area contributed by atoms with Crippen molar-refractivity contribution < 1.29 is 14.3 Å². The van der Waals surface area contributed by atoms with E-state index in [-0.39, 0.29) is 5.82 Å². The fourth-order valence-corrected chi connectivity index (χ4v) is 1.84. The Balaban J connectivity index is 2.50. The van der Waals surface area contributed by atoms with Crippen LogP contribution in [0.4, 0.5) is 4.39 Å². The Kier molecular flexibility index (Phi) is 3.97. The lowest BCUT2D eigenvalue weighted by atomic mass is 9.97. The second kappa shape index (κ2) is 5.67. The first-order chi connectivity index (χ1) is 9.06. The van der Waals surface area contributed by atoms with E-state index in [1.54, 1.807) is 36.4 Å². The van der Waals surface area contributed by atoms with Crippen molar-refractivity contribution in [2.75, 3.05) is 0 Å². The summed E-state index contributed by atoms with van der Waals surface area (Å²) in [6.45, 7) is 0. The third-order valence-corrected chi connectivity index (χ3v) is 2.83. The highest BCUT2D eigenvalue weighted by atomic mass is 35.5. The topological polar surface area (TPSA) is 37.3 Å². The Bertz CT molecular complexity index is 568. The van der Waals surface area contributed by atoms with E-state index < -0.39 is 5.97 Å². The third-order valence-electron chi connectivity index (χ3n) is 2.58. The van der Waals surface area contributed by atoms with Gasteiger partial charge in [0.2, 0.25) is 0 Å². The van der Waals surface area contributed by atoms with Gasteiger partial charge in [-0.3, -0.25) is 0 Å². The number of rotatable bonds is 3. The fraction of sp³-hybridized carbons (Fsp3) is 0. The van der Waals surface area contributed by atoms with Crippen molar-refractivity contribution in [3.05, 3.63) is 76.6 Å². The molecule has 2 rings (SSSR count). The maximum absolute atomic E-state index is 12.9. The predicted molar refractivity (Wildman–Crippen MR) is 72.6 cm³/mol. The van der Waals surface area contributed by atoms with Crippen LogP contribution in [0.25, 0.3) is 5.57 Å². The summed E-state index contributed by atoms with van der Waals surface area (Å²) in [5.41, 5.74) is 1.84. The molecule has 0 heterocycles. The summed E-state index contributed by atoms with van der Waals surface area (Å²) in [6, 6.07) is 12.5. The minimum atomic E-state index is -1.06. The molecule has 0 saturated carbocycles. The normalized spacial score (nSPS) is 11.4. The molecule has 4 heteroatoms. The quantitative estimate of drug-likeness (QED) is 0.861. The second-order valence-corrected chi connectivity index (χ2v) is 4.35. The van der Waals surface area contributed by atoms with E-state index in [1.165, 1.54) is 12.1 Å². The molecule has 0 spiro atoms. The van der Waals surface area contributed by atoms with Crippen LogP contribution in [0.15, 0.2) is 54.6 Å². The van der Waals surface area contributed by atoms with Gasteiger partial charge in [0.15, 0.2) is 0 Å². The van der Waals surface area contributed by atoms with Gasteiger partial charge in [-0.2, -0.15) is 0 Å². The zero-order valence-corrected chi connectivity index (χ0v) is 10.6. The molecule has 0 aromatic heterocycles. The van der Waals surface area contributed by atoms with Crippen LogP contribution < -0.4 is 0 Å². The molecule has 0 saturated heterocycles. The van der Waals surface area contributed by atoms with Crippen LogP contribution in [-0.4, -0.2) is 11.1 Å². The SMILES string of the molecule is O=C(O)/C=C(/c1ccc(F)cc1)c1ccc(Cl)cc1. The summed E-state index contributed by atoms with van der Waals surface area (Å²) < 4.78 is 12.9. The van der Waals surface area contributed by atoms with Crippen LogP contribution in [0.2, 0.25) is 5.02 Å². The number of carbonyl (C=O) groups is 1. The minimum absolute atomic E-state index is 0.366. The van der Waals surface area contributed by atoms with Crippen LogP contribution >= 0.6 is 11.6 Å². The summed E-state index contributed by atoms with van der Waals surface area (Å²) in [5, 5.41) is 9.51. The van der Waals surface area contributed by atoms with Crippen molar-refractivity contribution in [3.8, 4) is 0 Å². The first-order valence-electron chi connectivity index (χ1n) is 5.53. The second-order valence-electron chi connectivity index (χ2n) is 3.91. The van der Waals surface area contributed by atoms with E-state index in [0.717, 1.165) is 6.08 Å². The summed E-state index contributed by atoms with van der Waals surface area (Å²) in [7, 11) is 0. The number of carboxylic acids is 1. The van der Waals surface area contributed by atoms with E-state index in [4.69, 9.17) is 16.7 Å². The number of hydrogen-bond donors (Lipinski definition) is 1. The lowest BCUT2D eigenvalue weighted by molar-refractivity contribution is -0.131. The Hall–Kier alpha value is -2.13. The van der Waals surface area contributed by atoms with E-state index in [0.29, 0.717) is 21.7 Å². The maximum atomic E-state index is 12.9. The van der Waals surface area contributed by atoms with Gasteiger partial charge in [0.25, 0.3) is 0 Å². The standard InChI is InChI=1S/C15H10ClFO2/c16-12-5-1-10(2-6-12)14(9-15(18)19)11-3-7-13(17)8-4-11/h1-9H,(H,18,19)/b14-9+. The maximum Gasteiger partial charge on any atom is 0.328 e. The third kappa shape index (κ3) is 3.42. The fourth-order valence-electron chi connectivity index (χ4n) is 1.72. The van der Waals surface area contributed by atoms with Crippen molar-refractivity contribution >= 4 is 23.1 Å². The molecule has 0 amide bonds. The van der Waals surface area contributed by atoms with Gasteiger partial charge in [0, 0.05) is 11.1 Å². The highest BCUT2D eigenvalue weighted by Crippen LogP contribution is 2.25. The molecule has 0 atom stereocenters. The monoisotopic (exact) mass is 276 g/mol. The Morgan fingerprint density at radius 2 is 1.47 bits per heavy atom. The van der Waals surface area contributed by atoms with Crippen LogP contribution in [-0.2, 0) is 4.79 Å². The van der Waals surface area contributed by atoms with E-state index in [1.807, 2.05) is 0 Å².